The van der Waals surface area contributed by atoms with Crippen LogP contribution in [-0.2, 0) is 7.05 Å². The van der Waals surface area contributed by atoms with Crippen molar-refractivity contribution in [2.24, 2.45) is 7.05 Å². The van der Waals surface area contributed by atoms with Crippen molar-refractivity contribution in [2.45, 2.75) is 0 Å². The highest BCUT2D eigenvalue weighted by molar-refractivity contribution is 6.30. The fourth-order valence-electron chi connectivity index (χ4n) is 2.17. The molecule has 0 N–H and O–H groups in total. The molecule has 3 aromatic heterocycles. The summed E-state index contributed by atoms with van der Waals surface area (Å²) in [5, 5.41) is 0.956. The first-order valence-corrected chi connectivity index (χ1v) is 6.17. The zero-order valence-electron chi connectivity index (χ0n) is 16.8. The first kappa shape index (κ1) is 8.19. The van der Waals surface area contributed by atoms with Crippen LogP contribution in [-0.4, -0.2) is 33.6 Å². The molecule has 0 bridgehead atoms. The van der Waals surface area contributed by atoms with Gasteiger partial charge in [0.1, 0.15) is 17.0 Å². The molecule has 0 aliphatic heterocycles. The molecule has 0 radical (unpaired) electrons. The van der Waals surface area contributed by atoms with Crippen LogP contribution in [0.3, 0.4) is 0 Å². The number of methoxy groups -OCH3 is 2. The van der Waals surface area contributed by atoms with Gasteiger partial charge in [0.2, 0.25) is 11.8 Å². The molecule has 0 aliphatic carbocycles. The Balaban J connectivity index is 2.27. The molecule has 0 fully saturated rings. The number of aromatic nitrogens is 4. The maximum Gasteiger partial charge on any atom is 0.229 e. The largest absolute Gasteiger partial charge is 0.480 e. The number of rotatable bonds is 3. The molecular weight excluding hydrogens is 292 g/mol. The lowest BCUT2D eigenvalue weighted by atomic mass is 10.2. The number of hydrogen-bond donors (Lipinski definition) is 0. The summed E-state index contributed by atoms with van der Waals surface area (Å²) < 4.78 is 55.5. The highest BCUT2D eigenvalue weighted by atomic mass is 35.5. The van der Waals surface area contributed by atoms with E-state index in [9.17, 15) is 0 Å². The van der Waals surface area contributed by atoms with Crippen molar-refractivity contribution in [3.05, 3.63) is 29.8 Å². The Morgan fingerprint density at radius 2 is 1.86 bits per heavy atom. The van der Waals surface area contributed by atoms with Gasteiger partial charge in [0, 0.05) is 12.4 Å². The van der Waals surface area contributed by atoms with Gasteiger partial charge in [-0.2, -0.15) is 0 Å². The predicted molar refractivity (Wildman–Crippen MR) is 79.9 cm³/mol. The summed E-state index contributed by atoms with van der Waals surface area (Å²) in [5.41, 5.74) is 1.02. The van der Waals surface area contributed by atoms with Gasteiger partial charge in [-0.15, -0.1) is 0 Å². The van der Waals surface area contributed by atoms with Crippen LogP contribution in [0.5, 0.6) is 11.8 Å². The molecular formula is C14H13ClN4O2. The van der Waals surface area contributed by atoms with Gasteiger partial charge in [0.15, 0.2) is 0 Å². The highest BCUT2D eigenvalue weighted by Gasteiger charge is 2.19. The topological polar surface area (TPSA) is 62.1 Å². The number of halogens is 1. The Hall–Kier alpha value is -2.34. The van der Waals surface area contributed by atoms with Crippen molar-refractivity contribution >= 4 is 22.5 Å². The number of fused-ring (bicyclic) bond motifs is 1. The zero-order valence-corrected chi connectivity index (χ0v) is 11.5. The van der Waals surface area contributed by atoms with Gasteiger partial charge in [-0.3, -0.25) is 0 Å². The first-order chi connectivity index (χ1) is 12.4. The molecule has 0 saturated heterocycles. The second kappa shape index (κ2) is 5.21. The Morgan fingerprint density at radius 3 is 2.52 bits per heavy atom. The predicted octanol–water partition coefficient (Wildman–Crippen LogP) is 2.70. The number of pyridine rings is 1. The van der Waals surface area contributed by atoms with E-state index in [1.165, 1.54) is 6.20 Å². The third-order valence-corrected chi connectivity index (χ3v) is 3.33. The van der Waals surface area contributed by atoms with E-state index >= 15 is 0 Å². The second-order valence-electron chi connectivity index (χ2n) is 4.22. The molecule has 7 heteroatoms. The molecule has 108 valence electrons. The zero-order chi connectivity index (χ0) is 20.0. The minimum absolute atomic E-state index is 0.0143. The molecule has 0 amide bonds. The summed E-state index contributed by atoms with van der Waals surface area (Å²) in [7, 11) is -3.94. The molecule has 0 aromatic carbocycles. The lowest BCUT2D eigenvalue weighted by Gasteiger charge is -2.11. The van der Waals surface area contributed by atoms with Crippen molar-refractivity contribution in [1.82, 2.24) is 19.5 Å². The Morgan fingerprint density at radius 1 is 1.14 bits per heavy atom. The van der Waals surface area contributed by atoms with E-state index in [-0.39, 0.29) is 22.5 Å². The quantitative estimate of drug-likeness (QED) is 0.696. The van der Waals surface area contributed by atoms with Crippen molar-refractivity contribution in [3.63, 3.8) is 0 Å². The smallest absolute Gasteiger partial charge is 0.229 e. The van der Waals surface area contributed by atoms with Gasteiger partial charge >= 0.3 is 0 Å². The molecule has 21 heavy (non-hydrogen) atoms. The van der Waals surface area contributed by atoms with Crippen LogP contribution < -0.4 is 9.47 Å². The van der Waals surface area contributed by atoms with Crippen molar-refractivity contribution < 1.29 is 17.7 Å². The number of nitrogens with zero attached hydrogens (tertiary/aromatic N) is 4. The Labute approximate surface area is 134 Å². The van der Waals surface area contributed by atoms with Crippen molar-refractivity contribution in [1.29, 1.82) is 0 Å². The van der Waals surface area contributed by atoms with E-state index in [0.717, 1.165) is 6.33 Å². The van der Waals surface area contributed by atoms with Gasteiger partial charge in [-0.1, -0.05) is 11.6 Å². The summed E-state index contributed by atoms with van der Waals surface area (Å²) in [6.45, 7) is 0. The molecule has 0 unspecified atom stereocenters. The highest BCUT2D eigenvalue weighted by Crippen LogP contribution is 2.37. The molecule has 3 aromatic rings. The Kier molecular flexibility index (Phi) is 2.03. The van der Waals surface area contributed by atoms with E-state index in [4.69, 9.17) is 29.3 Å². The fraction of sp³-hybridized carbons (Fsp3) is 0.214. The normalized spacial score (nSPS) is 16.3. The molecule has 6 nitrogen and oxygen atoms in total. The van der Waals surface area contributed by atoms with Gasteiger partial charge in [-0.25, -0.2) is 15.0 Å². The number of hydrogen-bond acceptors (Lipinski definition) is 5. The van der Waals surface area contributed by atoms with E-state index in [1.807, 2.05) is 0 Å². The minimum Gasteiger partial charge on any atom is -0.480 e. The van der Waals surface area contributed by atoms with Gasteiger partial charge in [-0.05, 0) is 12.1 Å². The van der Waals surface area contributed by atoms with Crippen LogP contribution >= 0.6 is 11.6 Å². The fourth-order valence-corrected chi connectivity index (χ4v) is 2.34. The van der Waals surface area contributed by atoms with Crippen LogP contribution in [0, 0.1) is 0 Å². The molecule has 0 aliphatic rings. The molecule has 0 atom stereocenters. The van der Waals surface area contributed by atoms with Crippen LogP contribution in [0.25, 0.3) is 22.2 Å². The lowest BCUT2D eigenvalue weighted by Crippen LogP contribution is -2.01. The first-order valence-electron chi connectivity index (χ1n) is 8.79. The van der Waals surface area contributed by atoms with E-state index < -0.39 is 14.1 Å². The monoisotopic (exact) mass is 310 g/mol. The third kappa shape index (κ3) is 2.17. The average Bonchev–Trinajstić information content (AvgIpc) is 2.80. The van der Waals surface area contributed by atoms with E-state index in [1.54, 1.807) is 23.7 Å². The summed E-state index contributed by atoms with van der Waals surface area (Å²) >= 11 is 5.92. The molecule has 3 heterocycles. The van der Waals surface area contributed by atoms with Crippen LogP contribution in [0.2, 0.25) is 5.15 Å². The lowest BCUT2D eigenvalue weighted by molar-refractivity contribution is 0.374. The molecule has 3 rings (SSSR count). The van der Waals surface area contributed by atoms with Gasteiger partial charge in [0.25, 0.3) is 0 Å². The summed E-state index contributed by atoms with van der Waals surface area (Å²) in [5.74, 6) is -0.677. The standard InChI is InChI=1S/C14H13ClN4O2/c1-19-9(4-8-5-11(15)16-6-10(8)19)12-13(20-2)17-7-18-14(12)21-3/h4-7H,1-3H3/i2D3,3D3. The number of ether oxygens (including phenoxy) is 2. The molecule has 0 spiro atoms. The van der Waals surface area contributed by atoms with E-state index in [0.29, 0.717) is 16.6 Å². The Bertz CT molecular complexity index is 967. The summed E-state index contributed by atoms with van der Waals surface area (Å²) in [4.78, 5) is 11.7. The third-order valence-electron chi connectivity index (χ3n) is 3.12. The summed E-state index contributed by atoms with van der Waals surface area (Å²) in [6, 6.07) is 3.26. The van der Waals surface area contributed by atoms with Crippen molar-refractivity contribution in [2.75, 3.05) is 14.1 Å². The van der Waals surface area contributed by atoms with Crippen molar-refractivity contribution in [3.8, 4) is 23.0 Å². The van der Waals surface area contributed by atoms with Crippen LogP contribution in [0.15, 0.2) is 24.7 Å². The summed E-state index contributed by atoms with van der Waals surface area (Å²) in [6.07, 6.45) is 2.49. The van der Waals surface area contributed by atoms with Crippen LogP contribution in [0.4, 0.5) is 0 Å². The number of aryl methyl sites for hydroxylation is 1. The SMILES string of the molecule is [2H]C([2H])([2H])Oc1ncnc(OC([2H])([2H])[2H])c1-c1cc2cc(Cl)ncc2n1C. The van der Waals surface area contributed by atoms with Gasteiger partial charge in [0.05, 0.1) is 39.7 Å². The molecule has 0 saturated carbocycles. The maximum absolute atomic E-state index is 7.33. The maximum atomic E-state index is 7.33. The van der Waals surface area contributed by atoms with Crippen LogP contribution in [0.1, 0.15) is 8.22 Å². The second-order valence-corrected chi connectivity index (χ2v) is 4.60. The van der Waals surface area contributed by atoms with Gasteiger partial charge < -0.3 is 14.0 Å². The average molecular weight is 311 g/mol. The minimum atomic E-state index is -2.81. The van der Waals surface area contributed by atoms with E-state index in [2.05, 4.69) is 15.0 Å².